The Balaban J connectivity index is 2.02. The first kappa shape index (κ1) is 11.9. The lowest BCUT2D eigenvalue weighted by Gasteiger charge is -2.01. The summed E-state index contributed by atoms with van der Waals surface area (Å²) in [5.74, 6) is -0.176. The molecule has 90 valence electrons. The summed E-state index contributed by atoms with van der Waals surface area (Å²) < 4.78 is 0. The van der Waals surface area contributed by atoms with Crippen molar-refractivity contribution in [2.75, 3.05) is 11.1 Å². The predicted octanol–water partition coefficient (Wildman–Crippen LogP) is 2.92. The Morgan fingerprint density at radius 3 is 2.39 bits per heavy atom. The number of nitrogens with one attached hydrogen (secondary N) is 1. The first-order valence-corrected chi connectivity index (χ1v) is 5.64. The molecule has 0 spiro atoms. The van der Waals surface area contributed by atoms with E-state index in [1.807, 2.05) is 48.5 Å². The molecule has 2 rings (SSSR count). The van der Waals surface area contributed by atoms with Crippen molar-refractivity contribution in [3.05, 3.63) is 66.2 Å². The SMILES string of the molecule is Nc1ccccc1/C=C/C(=O)Nc1ccccc1. The normalized spacial score (nSPS) is 10.4. The van der Waals surface area contributed by atoms with Gasteiger partial charge in [0.2, 0.25) is 5.91 Å². The summed E-state index contributed by atoms with van der Waals surface area (Å²) in [6, 6.07) is 16.7. The second-order valence-corrected chi connectivity index (χ2v) is 3.82. The van der Waals surface area contributed by atoms with Crippen molar-refractivity contribution in [3.63, 3.8) is 0 Å². The number of carbonyl (C=O) groups is 1. The zero-order chi connectivity index (χ0) is 12.8. The minimum atomic E-state index is -0.176. The molecule has 0 aliphatic carbocycles. The second-order valence-electron chi connectivity index (χ2n) is 3.82. The van der Waals surface area contributed by atoms with E-state index in [9.17, 15) is 4.79 Å². The van der Waals surface area contributed by atoms with Crippen molar-refractivity contribution in [1.29, 1.82) is 0 Å². The highest BCUT2D eigenvalue weighted by Gasteiger charge is 1.97. The fourth-order valence-electron chi connectivity index (χ4n) is 1.53. The number of carbonyl (C=O) groups excluding carboxylic acids is 1. The van der Waals surface area contributed by atoms with E-state index < -0.39 is 0 Å². The van der Waals surface area contributed by atoms with Gasteiger partial charge in [-0.15, -0.1) is 0 Å². The quantitative estimate of drug-likeness (QED) is 0.638. The largest absolute Gasteiger partial charge is 0.398 e. The third-order valence-corrected chi connectivity index (χ3v) is 2.45. The summed E-state index contributed by atoms with van der Waals surface area (Å²) in [6.45, 7) is 0. The monoisotopic (exact) mass is 238 g/mol. The number of nitrogens with two attached hydrogens (primary N) is 1. The van der Waals surface area contributed by atoms with Crippen molar-refractivity contribution >= 4 is 23.4 Å². The van der Waals surface area contributed by atoms with E-state index in [0.29, 0.717) is 5.69 Å². The molecule has 3 heteroatoms. The number of nitrogen functional groups attached to an aromatic ring is 1. The van der Waals surface area contributed by atoms with Crippen LogP contribution in [0.4, 0.5) is 11.4 Å². The van der Waals surface area contributed by atoms with Crippen LogP contribution in [0, 0.1) is 0 Å². The predicted molar refractivity (Wildman–Crippen MR) is 75.0 cm³/mol. The Morgan fingerprint density at radius 1 is 1.00 bits per heavy atom. The minimum absolute atomic E-state index is 0.176. The molecular weight excluding hydrogens is 224 g/mol. The number of anilines is 2. The Bertz CT molecular complexity index is 562. The Kier molecular flexibility index (Phi) is 3.76. The topological polar surface area (TPSA) is 55.1 Å². The summed E-state index contributed by atoms with van der Waals surface area (Å²) in [6.07, 6.45) is 3.17. The fraction of sp³-hybridized carbons (Fsp3) is 0. The van der Waals surface area contributed by atoms with Gasteiger partial charge in [-0.25, -0.2) is 0 Å². The van der Waals surface area contributed by atoms with Crippen LogP contribution in [0.25, 0.3) is 6.08 Å². The molecule has 18 heavy (non-hydrogen) atoms. The molecule has 0 saturated heterocycles. The molecule has 2 aromatic rings. The van der Waals surface area contributed by atoms with Gasteiger partial charge in [0, 0.05) is 17.5 Å². The molecule has 0 aromatic heterocycles. The summed E-state index contributed by atoms with van der Waals surface area (Å²) in [4.78, 5) is 11.7. The second kappa shape index (κ2) is 5.68. The number of rotatable bonds is 3. The van der Waals surface area contributed by atoms with Crippen LogP contribution < -0.4 is 11.1 Å². The van der Waals surface area contributed by atoms with Crippen LogP contribution in [-0.2, 0) is 4.79 Å². The molecule has 0 fully saturated rings. The average molecular weight is 238 g/mol. The highest BCUT2D eigenvalue weighted by atomic mass is 16.1. The van der Waals surface area contributed by atoms with E-state index in [1.165, 1.54) is 6.08 Å². The molecule has 0 unspecified atom stereocenters. The third-order valence-electron chi connectivity index (χ3n) is 2.45. The van der Waals surface area contributed by atoms with Crippen LogP contribution in [-0.4, -0.2) is 5.91 Å². The lowest BCUT2D eigenvalue weighted by Crippen LogP contribution is -2.07. The minimum Gasteiger partial charge on any atom is -0.398 e. The Hall–Kier alpha value is -2.55. The van der Waals surface area contributed by atoms with Crippen LogP contribution in [0.1, 0.15) is 5.56 Å². The van der Waals surface area contributed by atoms with Gasteiger partial charge >= 0.3 is 0 Å². The van der Waals surface area contributed by atoms with Gasteiger partial charge in [0.1, 0.15) is 0 Å². The first-order chi connectivity index (χ1) is 8.75. The molecule has 2 aromatic carbocycles. The van der Waals surface area contributed by atoms with Gasteiger partial charge in [-0.3, -0.25) is 4.79 Å². The number of hydrogen-bond acceptors (Lipinski definition) is 2. The van der Waals surface area contributed by atoms with Gasteiger partial charge in [0.05, 0.1) is 0 Å². The molecule has 0 aliphatic heterocycles. The Labute approximate surface area is 106 Å². The maximum Gasteiger partial charge on any atom is 0.248 e. The van der Waals surface area contributed by atoms with E-state index in [0.717, 1.165) is 11.3 Å². The lowest BCUT2D eigenvalue weighted by molar-refractivity contribution is -0.111. The molecule has 0 saturated carbocycles. The first-order valence-electron chi connectivity index (χ1n) is 5.64. The zero-order valence-corrected chi connectivity index (χ0v) is 9.84. The molecule has 3 nitrogen and oxygen atoms in total. The molecule has 3 N–H and O–H groups in total. The van der Waals surface area contributed by atoms with Crippen LogP contribution in [0.5, 0.6) is 0 Å². The highest BCUT2D eigenvalue weighted by Crippen LogP contribution is 2.12. The standard InChI is InChI=1S/C15H14N2O/c16-14-9-5-4-6-12(14)10-11-15(18)17-13-7-2-1-3-8-13/h1-11H,16H2,(H,17,18)/b11-10+. The maximum absolute atomic E-state index is 11.7. The van der Waals surface area contributed by atoms with E-state index in [4.69, 9.17) is 5.73 Å². The van der Waals surface area contributed by atoms with Gasteiger partial charge in [-0.1, -0.05) is 36.4 Å². The molecule has 0 radical (unpaired) electrons. The van der Waals surface area contributed by atoms with Crippen molar-refractivity contribution in [2.24, 2.45) is 0 Å². The van der Waals surface area contributed by atoms with Crippen LogP contribution >= 0.6 is 0 Å². The van der Waals surface area contributed by atoms with Crippen LogP contribution in [0.15, 0.2) is 60.7 Å². The van der Waals surface area contributed by atoms with Crippen molar-refractivity contribution in [1.82, 2.24) is 0 Å². The van der Waals surface area contributed by atoms with E-state index in [2.05, 4.69) is 5.32 Å². The van der Waals surface area contributed by atoms with Crippen LogP contribution in [0.3, 0.4) is 0 Å². The number of benzene rings is 2. The lowest BCUT2D eigenvalue weighted by atomic mass is 10.1. The van der Waals surface area contributed by atoms with Gasteiger partial charge in [0.15, 0.2) is 0 Å². The molecule has 0 aliphatic rings. The van der Waals surface area contributed by atoms with Crippen molar-refractivity contribution in [2.45, 2.75) is 0 Å². The highest BCUT2D eigenvalue weighted by molar-refractivity contribution is 6.02. The zero-order valence-electron chi connectivity index (χ0n) is 9.84. The van der Waals surface area contributed by atoms with Crippen molar-refractivity contribution in [3.8, 4) is 0 Å². The fourth-order valence-corrected chi connectivity index (χ4v) is 1.53. The summed E-state index contributed by atoms with van der Waals surface area (Å²) >= 11 is 0. The maximum atomic E-state index is 11.7. The van der Waals surface area contributed by atoms with E-state index >= 15 is 0 Å². The smallest absolute Gasteiger partial charge is 0.248 e. The molecule has 0 atom stereocenters. The van der Waals surface area contributed by atoms with Gasteiger partial charge in [0.25, 0.3) is 0 Å². The van der Waals surface area contributed by atoms with Gasteiger partial charge in [-0.05, 0) is 29.8 Å². The van der Waals surface area contributed by atoms with E-state index in [1.54, 1.807) is 12.1 Å². The van der Waals surface area contributed by atoms with E-state index in [-0.39, 0.29) is 5.91 Å². The number of para-hydroxylation sites is 2. The van der Waals surface area contributed by atoms with Gasteiger partial charge < -0.3 is 11.1 Å². The summed E-state index contributed by atoms with van der Waals surface area (Å²) in [5.41, 5.74) is 8.04. The van der Waals surface area contributed by atoms with Gasteiger partial charge in [-0.2, -0.15) is 0 Å². The molecular formula is C15H14N2O. The summed E-state index contributed by atoms with van der Waals surface area (Å²) in [7, 11) is 0. The molecule has 1 amide bonds. The van der Waals surface area contributed by atoms with Crippen molar-refractivity contribution < 1.29 is 4.79 Å². The number of amides is 1. The average Bonchev–Trinajstić information content (AvgIpc) is 2.39. The summed E-state index contributed by atoms with van der Waals surface area (Å²) in [5, 5.41) is 2.77. The molecule has 0 bridgehead atoms. The third kappa shape index (κ3) is 3.22. The molecule has 0 heterocycles. The Morgan fingerprint density at radius 2 is 1.67 bits per heavy atom. The van der Waals surface area contributed by atoms with Crippen LogP contribution in [0.2, 0.25) is 0 Å². The number of hydrogen-bond donors (Lipinski definition) is 2.